The van der Waals surface area contributed by atoms with Crippen LogP contribution in [0.2, 0.25) is 0 Å². The molecule has 1 aromatic rings. The Bertz CT molecular complexity index is 452. The molecule has 1 rings (SSSR count). The molecule has 0 spiro atoms. The summed E-state index contributed by atoms with van der Waals surface area (Å²) in [5, 5.41) is 1.67. The normalized spacial score (nSPS) is 11.8. The lowest BCUT2D eigenvalue weighted by atomic mass is 10.5. The van der Waals surface area contributed by atoms with Crippen molar-refractivity contribution in [2.75, 3.05) is 13.2 Å². The van der Waals surface area contributed by atoms with Gasteiger partial charge in [0.05, 0.1) is 17.8 Å². The Morgan fingerprint density at radius 2 is 2.33 bits per heavy atom. The predicted molar refractivity (Wildman–Crippen MR) is 71.3 cm³/mol. The number of carbonyl (C=O) groups is 1. The summed E-state index contributed by atoms with van der Waals surface area (Å²) in [6, 6.07) is 0. The number of rotatable bonds is 5. The average Bonchev–Trinajstić information content (AvgIpc) is 2.72. The van der Waals surface area contributed by atoms with E-state index >= 15 is 0 Å². The number of hydrogen-bond acceptors (Lipinski definition) is 6. The van der Waals surface area contributed by atoms with Gasteiger partial charge in [0.25, 0.3) is 0 Å². The van der Waals surface area contributed by atoms with Gasteiger partial charge in [-0.05, 0) is 26.8 Å². The molecule has 0 aromatic carbocycles. The summed E-state index contributed by atoms with van der Waals surface area (Å²) >= 11 is 1.46. The number of allylic oxidation sites excluding steroid dienone is 1. The molecule has 6 heteroatoms. The molecule has 0 aliphatic heterocycles. The fourth-order valence-electron chi connectivity index (χ4n) is 1.11. The summed E-state index contributed by atoms with van der Waals surface area (Å²) in [7, 11) is 0. The van der Waals surface area contributed by atoms with Gasteiger partial charge < -0.3 is 9.47 Å². The Balaban J connectivity index is 2.65. The standard InChI is InChI=1S/C12H16N2O3S/c1-4-6-10(17-8-12(15)16-5-2)14-11-7-13-9(3)18-11/h4,6-7H,5,8H2,1-3H3/b6-4-,14-10?. The van der Waals surface area contributed by atoms with Crippen molar-refractivity contribution in [3.8, 4) is 0 Å². The van der Waals surface area contributed by atoms with E-state index in [4.69, 9.17) is 9.47 Å². The third-order valence-corrected chi connectivity index (χ3v) is 2.59. The molecule has 0 saturated heterocycles. The first-order valence-corrected chi connectivity index (χ1v) is 6.39. The maximum atomic E-state index is 11.2. The number of esters is 1. The van der Waals surface area contributed by atoms with Crippen molar-refractivity contribution in [3.63, 3.8) is 0 Å². The van der Waals surface area contributed by atoms with Crippen LogP contribution >= 0.6 is 11.3 Å². The van der Waals surface area contributed by atoms with Crippen LogP contribution in [0.4, 0.5) is 5.00 Å². The van der Waals surface area contributed by atoms with Crippen LogP contribution in [0.25, 0.3) is 0 Å². The van der Waals surface area contributed by atoms with E-state index in [1.54, 1.807) is 25.3 Å². The highest BCUT2D eigenvalue weighted by Gasteiger charge is 2.05. The van der Waals surface area contributed by atoms with Gasteiger partial charge in [-0.15, -0.1) is 0 Å². The largest absolute Gasteiger partial charge is 0.466 e. The van der Waals surface area contributed by atoms with Crippen molar-refractivity contribution in [3.05, 3.63) is 23.4 Å². The minimum Gasteiger partial charge on any atom is -0.466 e. The molecular formula is C12H16N2O3S. The van der Waals surface area contributed by atoms with Crippen molar-refractivity contribution in [2.45, 2.75) is 20.8 Å². The molecule has 98 valence electrons. The number of thiazole rings is 1. The zero-order chi connectivity index (χ0) is 13.4. The molecule has 0 unspecified atom stereocenters. The highest BCUT2D eigenvalue weighted by molar-refractivity contribution is 7.15. The number of aliphatic imine (C=N–C) groups is 1. The monoisotopic (exact) mass is 268 g/mol. The van der Waals surface area contributed by atoms with Crippen molar-refractivity contribution in [2.24, 2.45) is 4.99 Å². The van der Waals surface area contributed by atoms with Crippen LogP contribution in [-0.4, -0.2) is 30.1 Å². The molecule has 0 fully saturated rings. The summed E-state index contributed by atoms with van der Waals surface area (Å²) in [6.45, 7) is 5.69. The molecule has 0 saturated carbocycles. The molecular weight excluding hydrogens is 252 g/mol. The number of hydrogen-bond donors (Lipinski definition) is 0. The van der Waals surface area contributed by atoms with Crippen LogP contribution in [-0.2, 0) is 14.3 Å². The lowest BCUT2D eigenvalue weighted by molar-refractivity contribution is -0.145. The Kier molecular flexibility index (Phi) is 6.07. The summed E-state index contributed by atoms with van der Waals surface area (Å²) in [6.07, 6.45) is 5.14. The topological polar surface area (TPSA) is 60.8 Å². The smallest absolute Gasteiger partial charge is 0.344 e. The average molecular weight is 268 g/mol. The molecule has 1 aromatic heterocycles. The zero-order valence-electron chi connectivity index (χ0n) is 10.7. The Labute approximate surface area is 110 Å². The number of aromatic nitrogens is 1. The van der Waals surface area contributed by atoms with Crippen LogP contribution in [0.15, 0.2) is 23.3 Å². The molecule has 0 N–H and O–H groups in total. The molecule has 5 nitrogen and oxygen atoms in total. The lowest BCUT2D eigenvalue weighted by Gasteiger charge is -2.04. The number of aryl methyl sites for hydroxylation is 1. The van der Waals surface area contributed by atoms with E-state index in [9.17, 15) is 4.79 Å². The van der Waals surface area contributed by atoms with Gasteiger partial charge in [0.15, 0.2) is 6.61 Å². The third-order valence-electron chi connectivity index (χ3n) is 1.78. The molecule has 0 bridgehead atoms. The Morgan fingerprint density at radius 3 is 2.89 bits per heavy atom. The van der Waals surface area contributed by atoms with Crippen LogP contribution < -0.4 is 0 Å². The van der Waals surface area contributed by atoms with Gasteiger partial charge in [-0.25, -0.2) is 14.8 Å². The molecule has 18 heavy (non-hydrogen) atoms. The zero-order valence-corrected chi connectivity index (χ0v) is 11.5. The van der Waals surface area contributed by atoms with Crippen LogP contribution in [0.1, 0.15) is 18.9 Å². The van der Waals surface area contributed by atoms with E-state index in [1.807, 2.05) is 13.8 Å². The van der Waals surface area contributed by atoms with Crippen LogP contribution in [0.3, 0.4) is 0 Å². The minimum absolute atomic E-state index is 0.144. The maximum Gasteiger partial charge on any atom is 0.344 e. The number of carbonyl (C=O) groups excluding carboxylic acids is 1. The van der Waals surface area contributed by atoms with E-state index in [0.29, 0.717) is 12.5 Å². The minimum atomic E-state index is -0.407. The first-order chi connectivity index (χ1) is 8.65. The first-order valence-electron chi connectivity index (χ1n) is 5.58. The highest BCUT2D eigenvalue weighted by atomic mass is 32.1. The van der Waals surface area contributed by atoms with E-state index in [1.165, 1.54) is 11.3 Å². The Morgan fingerprint density at radius 1 is 1.56 bits per heavy atom. The second-order valence-electron chi connectivity index (χ2n) is 3.26. The lowest BCUT2D eigenvalue weighted by Crippen LogP contribution is -2.15. The van der Waals surface area contributed by atoms with E-state index < -0.39 is 5.97 Å². The van der Waals surface area contributed by atoms with Gasteiger partial charge in [-0.2, -0.15) is 0 Å². The molecule has 0 aliphatic rings. The van der Waals surface area contributed by atoms with Gasteiger partial charge >= 0.3 is 5.97 Å². The van der Waals surface area contributed by atoms with E-state index in [0.717, 1.165) is 10.0 Å². The molecule has 0 atom stereocenters. The van der Waals surface area contributed by atoms with E-state index in [2.05, 4.69) is 9.98 Å². The van der Waals surface area contributed by atoms with Crippen LogP contribution in [0, 0.1) is 6.92 Å². The summed E-state index contributed by atoms with van der Waals surface area (Å²) in [4.78, 5) is 19.5. The number of ether oxygens (including phenoxy) is 2. The quantitative estimate of drug-likeness (QED) is 0.468. The van der Waals surface area contributed by atoms with Crippen molar-refractivity contribution >= 4 is 28.2 Å². The van der Waals surface area contributed by atoms with Crippen molar-refractivity contribution in [1.29, 1.82) is 0 Å². The molecule has 0 aliphatic carbocycles. The molecule has 1 heterocycles. The summed E-state index contributed by atoms with van der Waals surface area (Å²) in [5.74, 6) is -0.0376. The maximum absolute atomic E-state index is 11.2. The Hall–Kier alpha value is -1.69. The molecule has 0 radical (unpaired) electrons. The van der Waals surface area contributed by atoms with E-state index in [-0.39, 0.29) is 6.61 Å². The highest BCUT2D eigenvalue weighted by Crippen LogP contribution is 2.21. The predicted octanol–water partition coefficient (Wildman–Crippen LogP) is 2.64. The van der Waals surface area contributed by atoms with Gasteiger partial charge in [-0.1, -0.05) is 17.4 Å². The second-order valence-corrected chi connectivity index (χ2v) is 4.47. The van der Waals surface area contributed by atoms with Crippen molar-refractivity contribution in [1.82, 2.24) is 4.98 Å². The number of nitrogens with zero attached hydrogens (tertiary/aromatic N) is 2. The first kappa shape index (κ1) is 14.4. The summed E-state index contributed by atoms with van der Waals surface area (Å²) < 4.78 is 10.0. The van der Waals surface area contributed by atoms with Gasteiger partial charge in [0.2, 0.25) is 5.90 Å². The van der Waals surface area contributed by atoms with Gasteiger partial charge in [0.1, 0.15) is 5.00 Å². The molecule has 0 amide bonds. The van der Waals surface area contributed by atoms with Gasteiger partial charge in [0, 0.05) is 0 Å². The van der Waals surface area contributed by atoms with Crippen LogP contribution in [0.5, 0.6) is 0 Å². The fraction of sp³-hybridized carbons (Fsp3) is 0.417. The summed E-state index contributed by atoms with van der Waals surface area (Å²) in [5.41, 5.74) is 0. The third kappa shape index (κ3) is 5.09. The van der Waals surface area contributed by atoms with Gasteiger partial charge in [-0.3, -0.25) is 0 Å². The second kappa shape index (κ2) is 7.60. The van der Waals surface area contributed by atoms with Crippen molar-refractivity contribution < 1.29 is 14.3 Å². The SMILES string of the molecule is C/C=C\C(=Nc1cnc(C)s1)OCC(=O)OCC. The fourth-order valence-corrected chi connectivity index (χ4v) is 1.76.